The molecular weight excluding hydrogens is 736 g/mol. The molecule has 10 aromatic carbocycles. The van der Waals surface area contributed by atoms with Crippen molar-refractivity contribution in [1.29, 1.82) is 0 Å². The number of aromatic nitrogens is 2. The minimum Gasteiger partial charge on any atom is -0.308 e. The fourth-order valence-corrected chi connectivity index (χ4v) is 12.8. The number of benzene rings is 10. The van der Waals surface area contributed by atoms with Crippen molar-refractivity contribution in [2.45, 2.75) is 13.3 Å². The van der Waals surface area contributed by atoms with Crippen LogP contribution in [0.2, 0.25) is 0 Å². The Morgan fingerprint density at radius 3 is 1.69 bits per heavy atom. The maximum atomic E-state index is 15.8. The summed E-state index contributed by atoms with van der Waals surface area (Å²) in [6.45, 7) is 2.15. The van der Waals surface area contributed by atoms with Gasteiger partial charge in [0.15, 0.2) is 7.14 Å². The molecule has 0 amide bonds. The Balaban J connectivity index is 1.15. The quantitative estimate of drug-likeness (QED) is 0.129. The average Bonchev–Trinajstić information content (AvgIpc) is 3.69. The molecule has 1 aliphatic rings. The first-order chi connectivity index (χ1) is 29.1. The van der Waals surface area contributed by atoms with Gasteiger partial charge in [-0.05, 0) is 119 Å². The van der Waals surface area contributed by atoms with Gasteiger partial charge >= 0.3 is 0 Å². The molecule has 3 nitrogen and oxygen atoms in total. The summed E-state index contributed by atoms with van der Waals surface area (Å²) in [6, 6.07) is 69.4. The monoisotopic (exact) mass is 772 g/mol. The van der Waals surface area contributed by atoms with Gasteiger partial charge in [-0.2, -0.15) is 0 Å². The number of hydrogen-bond acceptors (Lipinski definition) is 2. The molecule has 11 aromatic rings. The SMILES string of the molecule is CCc1nc2cccc3c2n1-c1cc(-c2ccc4c(-c5ccc6ccccc6c5)c5ccccc5c(-c5ccc6ccccc6c5)c4c2)ccc1P3(=O)c1ccccc1. The zero-order valence-electron chi connectivity index (χ0n) is 32.4. The third-order valence-electron chi connectivity index (χ3n) is 12.5. The number of nitrogens with zero attached hydrogens (tertiary/aromatic N) is 2. The molecule has 0 saturated heterocycles. The van der Waals surface area contributed by atoms with E-state index in [1.54, 1.807) is 0 Å². The second-order valence-corrected chi connectivity index (χ2v) is 18.4. The molecule has 0 aliphatic carbocycles. The van der Waals surface area contributed by atoms with E-state index in [-0.39, 0.29) is 0 Å². The van der Waals surface area contributed by atoms with Gasteiger partial charge in [0.25, 0.3) is 0 Å². The zero-order valence-corrected chi connectivity index (χ0v) is 33.3. The van der Waals surface area contributed by atoms with Gasteiger partial charge in [-0.15, -0.1) is 0 Å². The van der Waals surface area contributed by atoms with Crippen LogP contribution in [0.15, 0.2) is 194 Å². The van der Waals surface area contributed by atoms with Gasteiger partial charge < -0.3 is 4.57 Å². The van der Waals surface area contributed by atoms with Crippen molar-refractivity contribution < 1.29 is 4.57 Å². The van der Waals surface area contributed by atoms with Gasteiger partial charge in [-0.25, -0.2) is 4.98 Å². The highest BCUT2D eigenvalue weighted by atomic mass is 31.2. The van der Waals surface area contributed by atoms with Crippen LogP contribution in [0.4, 0.5) is 0 Å². The molecule has 1 atom stereocenters. The van der Waals surface area contributed by atoms with Crippen LogP contribution in [0, 0.1) is 0 Å². The van der Waals surface area contributed by atoms with Gasteiger partial charge in [0.05, 0.1) is 16.7 Å². The van der Waals surface area contributed by atoms with Gasteiger partial charge in [0.1, 0.15) is 5.82 Å². The summed E-state index contributed by atoms with van der Waals surface area (Å²) >= 11 is 0. The van der Waals surface area contributed by atoms with Crippen LogP contribution in [-0.2, 0) is 11.0 Å². The van der Waals surface area contributed by atoms with Crippen molar-refractivity contribution in [2.75, 3.05) is 0 Å². The number of aryl methyl sites for hydroxylation is 1. The molecule has 1 aromatic heterocycles. The minimum atomic E-state index is -3.23. The molecule has 2 heterocycles. The molecule has 1 unspecified atom stereocenters. The molecule has 0 N–H and O–H groups in total. The summed E-state index contributed by atoms with van der Waals surface area (Å²) in [5.41, 5.74) is 9.78. The second-order valence-electron chi connectivity index (χ2n) is 15.7. The Kier molecular flexibility index (Phi) is 7.48. The molecule has 0 fully saturated rings. The Bertz CT molecular complexity index is 3580. The minimum absolute atomic E-state index is 0.753. The van der Waals surface area contributed by atoms with E-state index in [2.05, 4.69) is 157 Å². The van der Waals surface area contributed by atoms with E-state index in [0.717, 1.165) is 56.0 Å². The Hall–Kier alpha value is -7.06. The summed E-state index contributed by atoms with van der Waals surface area (Å²) in [7, 11) is -3.23. The predicted molar refractivity (Wildman–Crippen MR) is 250 cm³/mol. The van der Waals surface area contributed by atoms with Gasteiger partial charge in [0.2, 0.25) is 0 Å². The smallest absolute Gasteiger partial charge is 0.175 e. The van der Waals surface area contributed by atoms with Crippen molar-refractivity contribution in [2.24, 2.45) is 0 Å². The second kappa shape index (κ2) is 13.0. The molecule has 59 heavy (non-hydrogen) atoms. The van der Waals surface area contributed by atoms with Crippen LogP contribution < -0.4 is 15.9 Å². The van der Waals surface area contributed by atoms with Gasteiger partial charge in [-0.3, -0.25) is 4.57 Å². The number of imidazole rings is 1. The fraction of sp³-hybridized carbons (Fsp3) is 0.0364. The van der Waals surface area contributed by atoms with E-state index >= 15 is 4.57 Å². The molecule has 1 aliphatic heterocycles. The molecule has 0 bridgehead atoms. The van der Waals surface area contributed by atoms with E-state index in [4.69, 9.17) is 4.98 Å². The summed E-state index contributed by atoms with van der Waals surface area (Å²) < 4.78 is 18.1. The number of hydrogen-bond donors (Lipinski definition) is 0. The summed E-state index contributed by atoms with van der Waals surface area (Å²) in [6.07, 6.45) is 0.753. The molecule has 0 radical (unpaired) electrons. The van der Waals surface area contributed by atoms with Crippen LogP contribution in [0.3, 0.4) is 0 Å². The van der Waals surface area contributed by atoms with E-state index in [0.29, 0.717) is 0 Å². The van der Waals surface area contributed by atoms with Crippen LogP contribution >= 0.6 is 7.14 Å². The lowest BCUT2D eigenvalue weighted by molar-refractivity contribution is 0.592. The summed E-state index contributed by atoms with van der Waals surface area (Å²) in [5, 5.41) is 12.3. The fourth-order valence-electron chi connectivity index (χ4n) is 9.77. The lowest BCUT2D eigenvalue weighted by atomic mass is 9.84. The summed E-state index contributed by atoms with van der Waals surface area (Å²) in [4.78, 5) is 5.10. The Labute approximate surface area is 342 Å². The standard InChI is InChI=1S/C55H37N2OP/c1-2-52-56-48-21-12-22-51-55(48)57(52)49-34-40(28-30-50(49)59(51,58)43-17-4-3-5-18-43)39-27-29-46-47(33-39)54(42-26-24-36-14-7-9-16-38(36)32-42)45-20-11-10-19-44(45)53(46)41-25-23-35-13-6-8-15-37(35)31-41/h3-34H,2H2,1H3. The van der Waals surface area contributed by atoms with Crippen LogP contribution in [0.25, 0.3) is 93.2 Å². The van der Waals surface area contributed by atoms with E-state index in [9.17, 15) is 0 Å². The third-order valence-corrected chi connectivity index (χ3v) is 15.6. The summed E-state index contributed by atoms with van der Waals surface area (Å²) in [5.74, 6) is 0.966. The average molecular weight is 773 g/mol. The maximum Gasteiger partial charge on any atom is 0.175 e. The molecule has 0 saturated carbocycles. The van der Waals surface area contributed by atoms with Gasteiger partial charge in [-0.1, -0.05) is 159 Å². The number of para-hydroxylation sites is 1. The van der Waals surface area contributed by atoms with Gasteiger partial charge in [0, 0.05) is 22.3 Å². The normalized spacial score (nSPS) is 14.7. The largest absolute Gasteiger partial charge is 0.308 e. The molecule has 278 valence electrons. The van der Waals surface area contributed by atoms with E-state index < -0.39 is 7.14 Å². The lowest BCUT2D eigenvalue weighted by Gasteiger charge is -2.29. The van der Waals surface area contributed by atoms with Crippen molar-refractivity contribution in [3.05, 3.63) is 200 Å². The topological polar surface area (TPSA) is 34.9 Å². The van der Waals surface area contributed by atoms with Crippen molar-refractivity contribution >= 4 is 77.2 Å². The first-order valence-corrected chi connectivity index (χ1v) is 22.1. The highest BCUT2D eigenvalue weighted by Gasteiger charge is 2.39. The zero-order chi connectivity index (χ0) is 39.2. The van der Waals surface area contributed by atoms with Crippen molar-refractivity contribution in [1.82, 2.24) is 9.55 Å². The number of rotatable bonds is 5. The molecular formula is C55H37N2OP. The third kappa shape index (κ3) is 5.02. The van der Waals surface area contributed by atoms with Crippen LogP contribution in [0.1, 0.15) is 12.7 Å². The number of fused-ring (bicyclic) bond motifs is 6. The van der Waals surface area contributed by atoms with Crippen molar-refractivity contribution in [3.63, 3.8) is 0 Å². The lowest BCUT2D eigenvalue weighted by Crippen LogP contribution is -2.33. The molecule has 12 rings (SSSR count). The first kappa shape index (κ1) is 34.0. The van der Waals surface area contributed by atoms with E-state index in [1.165, 1.54) is 65.3 Å². The highest BCUT2D eigenvalue weighted by Crippen LogP contribution is 2.51. The van der Waals surface area contributed by atoms with Crippen LogP contribution in [-0.4, -0.2) is 9.55 Å². The first-order valence-electron chi connectivity index (χ1n) is 20.4. The van der Waals surface area contributed by atoms with E-state index in [1.807, 2.05) is 48.5 Å². The molecule has 4 heteroatoms. The predicted octanol–water partition coefficient (Wildman–Crippen LogP) is 13.2. The van der Waals surface area contributed by atoms with Crippen LogP contribution in [0.5, 0.6) is 0 Å². The Morgan fingerprint density at radius 2 is 1.02 bits per heavy atom. The highest BCUT2D eigenvalue weighted by molar-refractivity contribution is 7.86. The molecule has 0 spiro atoms. The Morgan fingerprint density at radius 1 is 0.458 bits per heavy atom. The van der Waals surface area contributed by atoms with Crippen molar-refractivity contribution in [3.8, 4) is 39.1 Å². The maximum absolute atomic E-state index is 15.8.